The van der Waals surface area contributed by atoms with Crippen LogP contribution in [0.1, 0.15) is 12.5 Å². The van der Waals surface area contributed by atoms with Crippen LogP contribution < -0.4 is 0 Å². The van der Waals surface area contributed by atoms with Gasteiger partial charge in [-0.1, -0.05) is 15.9 Å². The van der Waals surface area contributed by atoms with Gasteiger partial charge in [0.2, 0.25) is 5.90 Å². The number of rotatable bonds is 2. The van der Waals surface area contributed by atoms with Crippen LogP contribution in [0.4, 0.5) is 0 Å². The zero-order valence-corrected chi connectivity index (χ0v) is 8.39. The molecule has 64 valence electrons. The molecule has 0 saturated carbocycles. The summed E-state index contributed by atoms with van der Waals surface area (Å²) >= 11 is 3.32. The Kier molecular flexibility index (Phi) is 3.29. The Morgan fingerprint density at radius 2 is 2.00 bits per heavy atom. The van der Waals surface area contributed by atoms with Crippen molar-refractivity contribution >= 4 is 21.8 Å². The molecule has 0 aliphatic heterocycles. The molecular weight excluding hydrogens is 218 g/mol. The van der Waals surface area contributed by atoms with E-state index in [-0.39, 0.29) is 5.90 Å². The average molecular weight is 228 g/mol. The summed E-state index contributed by atoms with van der Waals surface area (Å²) in [5.74, 6) is 0.227. The van der Waals surface area contributed by atoms with Crippen LogP contribution in [0, 0.1) is 5.41 Å². The zero-order valence-electron chi connectivity index (χ0n) is 6.80. The Hall–Kier alpha value is -0.830. The summed E-state index contributed by atoms with van der Waals surface area (Å²) in [6.45, 7) is 2.41. The van der Waals surface area contributed by atoms with Gasteiger partial charge in [0.15, 0.2) is 0 Å². The van der Waals surface area contributed by atoms with Crippen LogP contribution in [0.25, 0.3) is 0 Å². The fourth-order valence-electron chi connectivity index (χ4n) is 0.829. The SMILES string of the molecule is CCOC(=N)c1ccc(Br)cc1. The molecule has 2 nitrogen and oxygen atoms in total. The van der Waals surface area contributed by atoms with E-state index in [1.54, 1.807) is 0 Å². The first-order valence-corrected chi connectivity index (χ1v) is 4.50. The Bertz CT molecular complexity index is 268. The molecule has 0 aromatic heterocycles. The highest BCUT2D eigenvalue weighted by molar-refractivity contribution is 9.10. The van der Waals surface area contributed by atoms with E-state index in [0.717, 1.165) is 10.0 Å². The summed E-state index contributed by atoms with van der Waals surface area (Å²) in [5.41, 5.74) is 0.806. The Morgan fingerprint density at radius 1 is 1.42 bits per heavy atom. The number of ether oxygens (including phenoxy) is 1. The van der Waals surface area contributed by atoms with Gasteiger partial charge in [-0.15, -0.1) is 0 Å². The summed E-state index contributed by atoms with van der Waals surface area (Å²) in [4.78, 5) is 0. The number of hydrogen-bond acceptors (Lipinski definition) is 2. The summed E-state index contributed by atoms with van der Waals surface area (Å²) in [6.07, 6.45) is 0. The maximum atomic E-state index is 7.46. The molecule has 1 aromatic carbocycles. The molecule has 12 heavy (non-hydrogen) atoms. The minimum atomic E-state index is 0.227. The van der Waals surface area contributed by atoms with Crippen molar-refractivity contribution < 1.29 is 4.74 Å². The van der Waals surface area contributed by atoms with Gasteiger partial charge < -0.3 is 4.74 Å². The third-order valence-electron chi connectivity index (χ3n) is 1.40. The average Bonchev–Trinajstić information content (AvgIpc) is 2.06. The van der Waals surface area contributed by atoms with E-state index in [0.29, 0.717) is 6.61 Å². The van der Waals surface area contributed by atoms with E-state index in [2.05, 4.69) is 15.9 Å². The van der Waals surface area contributed by atoms with Gasteiger partial charge in [-0.3, -0.25) is 5.41 Å². The molecule has 0 atom stereocenters. The maximum absolute atomic E-state index is 7.46. The molecule has 1 aromatic rings. The lowest BCUT2D eigenvalue weighted by molar-refractivity contribution is 0.325. The molecule has 0 radical (unpaired) electrons. The predicted molar refractivity (Wildman–Crippen MR) is 52.6 cm³/mol. The van der Waals surface area contributed by atoms with Crippen LogP contribution in [0.15, 0.2) is 28.7 Å². The minimum absolute atomic E-state index is 0.227. The molecular formula is C9H10BrNO. The summed E-state index contributed by atoms with van der Waals surface area (Å²) in [5, 5.41) is 7.46. The number of halogens is 1. The highest BCUT2D eigenvalue weighted by atomic mass is 79.9. The van der Waals surface area contributed by atoms with E-state index < -0.39 is 0 Å². The normalized spacial score (nSPS) is 9.50. The van der Waals surface area contributed by atoms with Crippen molar-refractivity contribution in [2.75, 3.05) is 6.61 Å². The van der Waals surface area contributed by atoms with Gasteiger partial charge >= 0.3 is 0 Å². The number of nitrogens with one attached hydrogen (secondary N) is 1. The van der Waals surface area contributed by atoms with Crippen molar-refractivity contribution in [1.29, 1.82) is 5.41 Å². The van der Waals surface area contributed by atoms with E-state index in [1.165, 1.54) is 0 Å². The van der Waals surface area contributed by atoms with Crippen LogP contribution in [0.5, 0.6) is 0 Å². The molecule has 0 fully saturated rings. The van der Waals surface area contributed by atoms with Crippen molar-refractivity contribution in [3.63, 3.8) is 0 Å². The first-order chi connectivity index (χ1) is 5.74. The van der Waals surface area contributed by atoms with Gasteiger partial charge in [-0.05, 0) is 31.2 Å². The van der Waals surface area contributed by atoms with Gasteiger partial charge in [0.05, 0.1) is 6.61 Å². The second-order valence-corrected chi connectivity index (χ2v) is 3.18. The monoisotopic (exact) mass is 227 g/mol. The molecule has 0 saturated heterocycles. The van der Waals surface area contributed by atoms with Crippen molar-refractivity contribution in [2.24, 2.45) is 0 Å². The Morgan fingerprint density at radius 3 is 2.50 bits per heavy atom. The highest BCUT2D eigenvalue weighted by Crippen LogP contribution is 2.10. The van der Waals surface area contributed by atoms with E-state index >= 15 is 0 Å². The minimum Gasteiger partial charge on any atom is -0.478 e. The third kappa shape index (κ3) is 2.34. The summed E-state index contributed by atoms with van der Waals surface area (Å²) in [7, 11) is 0. The molecule has 0 spiro atoms. The summed E-state index contributed by atoms with van der Waals surface area (Å²) in [6, 6.07) is 7.48. The largest absolute Gasteiger partial charge is 0.478 e. The molecule has 1 N–H and O–H groups in total. The standard InChI is InChI=1S/C9H10BrNO/c1-2-12-9(11)7-3-5-8(10)6-4-7/h3-6,11H,2H2,1H3. The first kappa shape index (κ1) is 9.26. The molecule has 0 unspecified atom stereocenters. The quantitative estimate of drug-likeness (QED) is 0.612. The third-order valence-corrected chi connectivity index (χ3v) is 1.92. The van der Waals surface area contributed by atoms with Crippen LogP contribution in [-0.2, 0) is 4.74 Å². The van der Waals surface area contributed by atoms with E-state index in [4.69, 9.17) is 10.1 Å². The van der Waals surface area contributed by atoms with Gasteiger partial charge in [-0.25, -0.2) is 0 Å². The van der Waals surface area contributed by atoms with Crippen molar-refractivity contribution in [2.45, 2.75) is 6.92 Å². The van der Waals surface area contributed by atoms with Gasteiger partial charge in [-0.2, -0.15) is 0 Å². The fraction of sp³-hybridized carbons (Fsp3) is 0.222. The highest BCUT2D eigenvalue weighted by Gasteiger charge is 1.99. The molecule has 0 heterocycles. The van der Waals surface area contributed by atoms with E-state index in [9.17, 15) is 0 Å². The van der Waals surface area contributed by atoms with Crippen LogP contribution in [0.2, 0.25) is 0 Å². The van der Waals surface area contributed by atoms with Gasteiger partial charge in [0, 0.05) is 10.0 Å². The first-order valence-electron chi connectivity index (χ1n) is 3.71. The fourth-order valence-corrected chi connectivity index (χ4v) is 1.09. The maximum Gasteiger partial charge on any atom is 0.213 e. The van der Waals surface area contributed by atoms with Crippen LogP contribution in [-0.4, -0.2) is 12.5 Å². The topological polar surface area (TPSA) is 33.1 Å². The van der Waals surface area contributed by atoms with Crippen LogP contribution in [0.3, 0.4) is 0 Å². The predicted octanol–water partition coefficient (Wildman–Crippen LogP) is 2.81. The lowest BCUT2D eigenvalue weighted by Crippen LogP contribution is -2.03. The van der Waals surface area contributed by atoms with Gasteiger partial charge in [0.1, 0.15) is 0 Å². The van der Waals surface area contributed by atoms with Crippen LogP contribution >= 0.6 is 15.9 Å². The summed E-state index contributed by atoms with van der Waals surface area (Å²) < 4.78 is 6.05. The molecule has 0 aliphatic carbocycles. The smallest absolute Gasteiger partial charge is 0.213 e. The second kappa shape index (κ2) is 4.26. The molecule has 1 rings (SSSR count). The van der Waals surface area contributed by atoms with Gasteiger partial charge in [0.25, 0.3) is 0 Å². The lowest BCUT2D eigenvalue weighted by Gasteiger charge is -2.03. The van der Waals surface area contributed by atoms with E-state index in [1.807, 2.05) is 31.2 Å². The molecule has 0 amide bonds. The molecule has 0 aliphatic rings. The molecule has 0 bridgehead atoms. The molecule has 3 heteroatoms. The lowest BCUT2D eigenvalue weighted by atomic mass is 10.2. The van der Waals surface area contributed by atoms with Crippen molar-refractivity contribution in [3.05, 3.63) is 34.3 Å². The second-order valence-electron chi connectivity index (χ2n) is 2.27. The van der Waals surface area contributed by atoms with Crippen molar-refractivity contribution in [1.82, 2.24) is 0 Å². The Balaban J connectivity index is 2.75. The zero-order chi connectivity index (χ0) is 8.97. The number of hydrogen-bond donors (Lipinski definition) is 1. The number of benzene rings is 1. The Labute approximate surface area is 80.2 Å². The van der Waals surface area contributed by atoms with Crippen molar-refractivity contribution in [3.8, 4) is 0 Å².